The number of rotatable bonds is 4. The van der Waals surface area contributed by atoms with Crippen LogP contribution in [-0.2, 0) is 12.8 Å². The Bertz CT molecular complexity index is 500. The van der Waals surface area contributed by atoms with E-state index < -0.39 is 0 Å². The highest BCUT2D eigenvalue weighted by Gasteiger charge is 2.17. The largest absolute Gasteiger partial charge is 0.339 e. The van der Waals surface area contributed by atoms with Gasteiger partial charge in [0.2, 0.25) is 5.89 Å². The van der Waals surface area contributed by atoms with Crippen LogP contribution in [0.1, 0.15) is 49.4 Å². The summed E-state index contributed by atoms with van der Waals surface area (Å²) >= 11 is 0. The lowest BCUT2D eigenvalue weighted by atomic mass is 9.87. The summed E-state index contributed by atoms with van der Waals surface area (Å²) < 4.78 is 5.38. The van der Waals surface area contributed by atoms with Crippen molar-refractivity contribution in [2.75, 3.05) is 0 Å². The molecule has 0 radical (unpaired) electrons. The van der Waals surface area contributed by atoms with Crippen molar-refractivity contribution in [1.29, 1.82) is 0 Å². The highest BCUT2D eigenvalue weighted by atomic mass is 16.5. The maximum Gasteiger partial charge on any atom is 0.226 e. The molecule has 1 aromatic heterocycles. The third kappa shape index (κ3) is 3.43. The first kappa shape index (κ1) is 12.4. The van der Waals surface area contributed by atoms with Crippen LogP contribution in [0.2, 0.25) is 0 Å². The van der Waals surface area contributed by atoms with Gasteiger partial charge < -0.3 is 4.52 Å². The minimum atomic E-state index is 0.749. The van der Waals surface area contributed by atoms with Crippen LogP contribution in [0.5, 0.6) is 0 Å². The predicted octanol–water partition coefficient (Wildman–Crippen LogP) is 3.78. The number of hydrogen-bond donors (Lipinski definition) is 0. The molecule has 3 nitrogen and oxygen atoms in total. The van der Waals surface area contributed by atoms with E-state index in [1.807, 2.05) is 18.2 Å². The molecule has 0 aliphatic heterocycles. The lowest BCUT2D eigenvalue weighted by Gasteiger charge is -2.19. The van der Waals surface area contributed by atoms with Gasteiger partial charge in [-0.15, -0.1) is 0 Å². The highest BCUT2D eigenvalue weighted by molar-refractivity contribution is 5.18. The van der Waals surface area contributed by atoms with Gasteiger partial charge in [0.25, 0.3) is 0 Å². The molecule has 19 heavy (non-hydrogen) atoms. The fourth-order valence-electron chi connectivity index (χ4n) is 2.86. The van der Waals surface area contributed by atoms with Gasteiger partial charge in [-0.2, -0.15) is 4.98 Å². The minimum absolute atomic E-state index is 0.749. The van der Waals surface area contributed by atoms with E-state index in [9.17, 15) is 0 Å². The van der Waals surface area contributed by atoms with E-state index in [1.54, 1.807) is 0 Å². The first-order chi connectivity index (χ1) is 9.40. The van der Waals surface area contributed by atoms with Gasteiger partial charge in [-0.25, -0.2) is 0 Å². The first-order valence-electron chi connectivity index (χ1n) is 7.25. The zero-order chi connectivity index (χ0) is 12.9. The first-order valence-corrected chi connectivity index (χ1v) is 7.25. The number of nitrogens with zero attached hydrogens (tertiary/aromatic N) is 2. The van der Waals surface area contributed by atoms with Crippen LogP contribution < -0.4 is 0 Å². The molecule has 0 spiro atoms. The predicted molar refractivity (Wildman–Crippen MR) is 73.8 cm³/mol. The molecule has 2 aromatic rings. The molecule has 1 heterocycles. The summed E-state index contributed by atoms with van der Waals surface area (Å²) in [7, 11) is 0. The van der Waals surface area contributed by atoms with Crippen LogP contribution >= 0.6 is 0 Å². The average molecular weight is 256 g/mol. The summed E-state index contributed by atoms with van der Waals surface area (Å²) in [5.74, 6) is 2.37. The zero-order valence-electron chi connectivity index (χ0n) is 11.2. The molecule has 0 N–H and O–H groups in total. The van der Waals surface area contributed by atoms with Gasteiger partial charge >= 0.3 is 0 Å². The van der Waals surface area contributed by atoms with Crippen molar-refractivity contribution in [3.05, 3.63) is 47.6 Å². The molecular weight excluding hydrogens is 236 g/mol. The Kier molecular flexibility index (Phi) is 3.92. The number of aromatic nitrogens is 2. The van der Waals surface area contributed by atoms with Gasteiger partial charge in [-0.3, -0.25) is 0 Å². The quantitative estimate of drug-likeness (QED) is 0.835. The normalized spacial score (nSPS) is 16.6. The monoisotopic (exact) mass is 256 g/mol. The van der Waals surface area contributed by atoms with Crippen molar-refractivity contribution in [1.82, 2.24) is 10.1 Å². The topological polar surface area (TPSA) is 38.9 Å². The molecule has 3 heteroatoms. The van der Waals surface area contributed by atoms with Crippen molar-refractivity contribution >= 4 is 0 Å². The molecule has 1 aliphatic carbocycles. The van der Waals surface area contributed by atoms with E-state index in [1.165, 1.54) is 37.7 Å². The van der Waals surface area contributed by atoms with Gasteiger partial charge in [0, 0.05) is 12.8 Å². The maximum atomic E-state index is 5.38. The molecule has 0 saturated heterocycles. The Hall–Kier alpha value is -1.64. The molecule has 100 valence electrons. The molecule has 1 aliphatic rings. The molecule has 1 saturated carbocycles. The maximum absolute atomic E-state index is 5.38. The van der Waals surface area contributed by atoms with Crippen molar-refractivity contribution in [2.24, 2.45) is 5.92 Å². The van der Waals surface area contributed by atoms with Crippen LogP contribution in [0.15, 0.2) is 34.9 Å². The average Bonchev–Trinajstić information content (AvgIpc) is 2.88. The van der Waals surface area contributed by atoms with Crippen molar-refractivity contribution in [3.63, 3.8) is 0 Å². The Morgan fingerprint density at radius 1 is 1.05 bits per heavy atom. The van der Waals surface area contributed by atoms with Gasteiger partial charge in [0.05, 0.1) is 0 Å². The fraction of sp³-hybridized carbons (Fsp3) is 0.500. The van der Waals surface area contributed by atoms with Crippen LogP contribution in [0.3, 0.4) is 0 Å². The van der Waals surface area contributed by atoms with E-state index in [-0.39, 0.29) is 0 Å². The van der Waals surface area contributed by atoms with E-state index >= 15 is 0 Å². The number of benzene rings is 1. The Morgan fingerprint density at radius 3 is 2.63 bits per heavy atom. The lowest BCUT2D eigenvalue weighted by Crippen LogP contribution is -2.09. The fourth-order valence-corrected chi connectivity index (χ4v) is 2.86. The zero-order valence-corrected chi connectivity index (χ0v) is 11.2. The Balaban J connectivity index is 1.59. The molecule has 1 fully saturated rings. The summed E-state index contributed by atoms with van der Waals surface area (Å²) in [4.78, 5) is 4.52. The van der Waals surface area contributed by atoms with Gasteiger partial charge in [0.1, 0.15) is 0 Å². The Labute approximate surface area is 114 Å². The molecule has 0 amide bonds. The second-order valence-corrected chi connectivity index (χ2v) is 5.47. The van der Waals surface area contributed by atoms with E-state index in [0.717, 1.165) is 30.5 Å². The summed E-state index contributed by atoms with van der Waals surface area (Å²) in [6, 6.07) is 10.3. The van der Waals surface area contributed by atoms with Gasteiger partial charge in [-0.1, -0.05) is 54.8 Å². The van der Waals surface area contributed by atoms with Crippen LogP contribution in [-0.4, -0.2) is 10.1 Å². The van der Waals surface area contributed by atoms with Gasteiger partial charge in [0.15, 0.2) is 5.82 Å². The van der Waals surface area contributed by atoms with Crippen LogP contribution in [0.4, 0.5) is 0 Å². The van der Waals surface area contributed by atoms with Gasteiger partial charge in [-0.05, 0) is 24.3 Å². The molecular formula is C16H20N2O. The molecule has 0 atom stereocenters. The second-order valence-electron chi connectivity index (χ2n) is 5.47. The summed E-state index contributed by atoms with van der Waals surface area (Å²) in [5, 5.41) is 4.09. The summed E-state index contributed by atoms with van der Waals surface area (Å²) in [6.45, 7) is 0. The van der Waals surface area contributed by atoms with Crippen LogP contribution in [0, 0.1) is 5.92 Å². The number of hydrogen-bond acceptors (Lipinski definition) is 3. The van der Waals surface area contributed by atoms with E-state index in [4.69, 9.17) is 4.52 Å². The molecule has 1 aromatic carbocycles. The molecule has 3 rings (SSSR count). The highest BCUT2D eigenvalue weighted by Crippen LogP contribution is 2.26. The third-order valence-electron chi connectivity index (χ3n) is 3.90. The van der Waals surface area contributed by atoms with Crippen molar-refractivity contribution in [3.8, 4) is 0 Å². The standard InChI is InChI=1S/C16H20N2O/c1-3-7-13(8-4-1)11-15-17-16(19-18-15)12-14-9-5-2-6-10-14/h1,3-4,7-8,14H,2,5-6,9-12H2. The lowest BCUT2D eigenvalue weighted by molar-refractivity contribution is 0.304. The minimum Gasteiger partial charge on any atom is -0.339 e. The van der Waals surface area contributed by atoms with Crippen molar-refractivity contribution in [2.45, 2.75) is 44.9 Å². The van der Waals surface area contributed by atoms with E-state index in [0.29, 0.717) is 0 Å². The smallest absolute Gasteiger partial charge is 0.226 e. The Morgan fingerprint density at radius 2 is 1.84 bits per heavy atom. The second kappa shape index (κ2) is 6.00. The third-order valence-corrected chi connectivity index (χ3v) is 3.90. The molecule has 0 unspecified atom stereocenters. The van der Waals surface area contributed by atoms with E-state index in [2.05, 4.69) is 22.3 Å². The molecule has 0 bridgehead atoms. The SMILES string of the molecule is c1ccc(Cc2noc(CC3CCCCC3)n2)cc1. The summed E-state index contributed by atoms with van der Waals surface area (Å²) in [5.41, 5.74) is 1.23. The van der Waals surface area contributed by atoms with Crippen molar-refractivity contribution < 1.29 is 4.52 Å². The summed E-state index contributed by atoms with van der Waals surface area (Å²) in [6.07, 6.45) is 8.45. The van der Waals surface area contributed by atoms with Crippen LogP contribution in [0.25, 0.3) is 0 Å².